The Bertz CT molecular complexity index is 566. The van der Waals surface area contributed by atoms with E-state index in [-0.39, 0.29) is 17.9 Å². The van der Waals surface area contributed by atoms with Gasteiger partial charge in [-0.05, 0) is 44.1 Å². The molecular formula is C19H30N2O3. The fraction of sp³-hybridized carbons (Fsp3) is 0.526. The predicted octanol–water partition coefficient (Wildman–Crippen LogP) is 2.81. The van der Waals surface area contributed by atoms with E-state index in [1.807, 2.05) is 51.4 Å². The van der Waals surface area contributed by atoms with Crippen molar-refractivity contribution in [2.45, 2.75) is 20.8 Å². The van der Waals surface area contributed by atoms with Gasteiger partial charge in [-0.2, -0.15) is 0 Å². The number of carbonyl (C=O) groups is 1. The highest BCUT2D eigenvalue weighted by Gasteiger charge is 2.20. The summed E-state index contributed by atoms with van der Waals surface area (Å²) in [4.78, 5) is 14.1. The molecule has 0 bridgehead atoms. The third-order valence-corrected chi connectivity index (χ3v) is 3.41. The van der Waals surface area contributed by atoms with Gasteiger partial charge in [0.25, 0.3) is 5.91 Å². The molecule has 0 fully saturated rings. The van der Waals surface area contributed by atoms with E-state index in [0.717, 1.165) is 12.1 Å². The Morgan fingerprint density at radius 1 is 1.29 bits per heavy atom. The summed E-state index contributed by atoms with van der Waals surface area (Å²) in [5, 5.41) is 2.93. The average Bonchev–Trinajstić information content (AvgIpc) is 2.50. The molecule has 0 aliphatic carbocycles. The number of benzene rings is 1. The first-order chi connectivity index (χ1) is 11.3. The summed E-state index contributed by atoms with van der Waals surface area (Å²) in [6.07, 6.45) is 3.93. The Balaban J connectivity index is 2.55. The topological polar surface area (TPSA) is 50.8 Å². The molecule has 1 rings (SSSR count). The van der Waals surface area contributed by atoms with Crippen molar-refractivity contribution in [1.29, 1.82) is 0 Å². The normalized spacial score (nSPS) is 11.8. The number of hydrogen-bond acceptors (Lipinski definition) is 4. The van der Waals surface area contributed by atoms with Crippen molar-refractivity contribution in [2.75, 3.05) is 40.9 Å². The Kier molecular flexibility index (Phi) is 7.79. The molecule has 134 valence electrons. The molecule has 1 aromatic rings. The first-order valence-corrected chi connectivity index (χ1v) is 8.12. The summed E-state index contributed by atoms with van der Waals surface area (Å²) < 4.78 is 10.9. The summed E-state index contributed by atoms with van der Waals surface area (Å²) in [6.45, 7) is 7.67. The second-order valence-electron chi connectivity index (χ2n) is 6.88. The van der Waals surface area contributed by atoms with Crippen LogP contribution in [0.5, 0.6) is 11.5 Å². The molecule has 0 radical (unpaired) electrons. The van der Waals surface area contributed by atoms with Gasteiger partial charge in [0, 0.05) is 13.1 Å². The van der Waals surface area contributed by atoms with Gasteiger partial charge in [0.1, 0.15) is 0 Å². The van der Waals surface area contributed by atoms with E-state index in [2.05, 4.69) is 24.1 Å². The molecule has 0 aliphatic heterocycles. The molecule has 0 saturated carbocycles. The molecular weight excluding hydrogens is 304 g/mol. The zero-order chi connectivity index (χ0) is 18.2. The highest BCUT2D eigenvalue weighted by atomic mass is 16.5. The van der Waals surface area contributed by atoms with Gasteiger partial charge in [-0.1, -0.05) is 32.1 Å². The van der Waals surface area contributed by atoms with E-state index in [0.29, 0.717) is 18.0 Å². The van der Waals surface area contributed by atoms with Crippen LogP contribution < -0.4 is 14.8 Å². The maximum Gasteiger partial charge on any atom is 0.257 e. The average molecular weight is 334 g/mol. The predicted molar refractivity (Wildman–Crippen MR) is 98.5 cm³/mol. The second kappa shape index (κ2) is 9.33. The standard InChI is InChI=1S/C19H30N2O3/c1-7-8-15-9-10-16(17(11-15)23-6)24-12-18(22)20-13-19(2,3)14-21(4)5/h7-11H,12-14H2,1-6H3,(H,20,22). The van der Waals surface area contributed by atoms with Gasteiger partial charge in [0.15, 0.2) is 18.1 Å². The van der Waals surface area contributed by atoms with E-state index >= 15 is 0 Å². The fourth-order valence-electron chi connectivity index (χ4n) is 2.54. The van der Waals surface area contributed by atoms with Crippen molar-refractivity contribution in [2.24, 2.45) is 5.41 Å². The lowest BCUT2D eigenvalue weighted by molar-refractivity contribution is -0.123. The van der Waals surface area contributed by atoms with Crippen LogP contribution in [0.15, 0.2) is 24.3 Å². The second-order valence-corrected chi connectivity index (χ2v) is 6.88. The number of methoxy groups -OCH3 is 1. The molecule has 24 heavy (non-hydrogen) atoms. The molecule has 1 aromatic carbocycles. The van der Waals surface area contributed by atoms with E-state index in [4.69, 9.17) is 9.47 Å². The number of hydrogen-bond donors (Lipinski definition) is 1. The van der Waals surface area contributed by atoms with Gasteiger partial charge in [-0.3, -0.25) is 4.79 Å². The van der Waals surface area contributed by atoms with Crippen molar-refractivity contribution < 1.29 is 14.3 Å². The van der Waals surface area contributed by atoms with Crippen molar-refractivity contribution in [1.82, 2.24) is 10.2 Å². The molecule has 0 saturated heterocycles. The van der Waals surface area contributed by atoms with Crippen LogP contribution >= 0.6 is 0 Å². The van der Waals surface area contributed by atoms with Crippen LogP contribution in [0.4, 0.5) is 0 Å². The first-order valence-electron chi connectivity index (χ1n) is 8.12. The number of nitrogens with zero attached hydrogens (tertiary/aromatic N) is 1. The molecule has 0 spiro atoms. The largest absolute Gasteiger partial charge is 0.493 e. The van der Waals surface area contributed by atoms with Crippen molar-refractivity contribution in [3.05, 3.63) is 29.8 Å². The van der Waals surface area contributed by atoms with Gasteiger partial charge in [0.05, 0.1) is 7.11 Å². The van der Waals surface area contributed by atoms with Crippen LogP contribution in [-0.4, -0.2) is 51.7 Å². The van der Waals surface area contributed by atoms with Crippen LogP contribution in [0.25, 0.3) is 6.08 Å². The van der Waals surface area contributed by atoms with Crippen LogP contribution in [-0.2, 0) is 4.79 Å². The van der Waals surface area contributed by atoms with Crippen LogP contribution in [0.2, 0.25) is 0 Å². The zero-order valence-electron chi connectivity index (χ0n) is 15.7. The van der Waals surface area contributed by atoms with Gasteiger partial charge in [-0.25, -0.2) is 0 Å². The minimum Gasteiger partial charge on any atom is -0.493 e. The summed E-state index contributed by atoms with van der Waals surface area (Å²) in [5.41, 5.74) is 1.03. The van der Waals surface area contributed by atoms with E-state index in [1.54, 1.807) is 7.11 Å². The smallest absolute Gasteiger partial charge is 0.257 e. The maximum atomic E-state index is 12.0. The Morgan fingerprint density at radius 2 is 2.00 bits per heavy atom. The molecule has 5 heteroatoms. The molecule has 1 amide bonds. The van der Waals surface area contributed by atoms with Crippen molar-refractivity contribution in [3.8, 4) is 11.5 Å². The highest BCUT2D eigenvalue weighted by molar-refractivity contribution is 5.77. The van der Waals surface area contributed by atoms with Gasteiger partial charge >= 0.3 is 0 Å². The SMILES string of the molecule is CC=Cc1ccc(OCC(=O)NCC(C)(C)CN(C)C)c(OC)c1. The van der Waals surface area contributed by atoms with Crippen LogP contribution in [0.3, 0.4) is 0 Å². The number of ether oxygens (including phenoxy) is 2. The summed E-state index contributed by atoms with van der Waals surface area (Å²) in [5.74, 6) is 1.04. The van der Waals surface area contributed by atoms with Crippen LogP contribution in [0.1, 0.15) is 26.3 Å². The van der Waals surface area contributed by atoms with Crippen molar-refractivity contribution in [3.63, 3.8) is 0 Å². The molecule has 0 unspecified atom stereocenters. The maximum absolute atomic E-state index is 12.0. The fourth-order valence-corrected chi connectivity index (χ4v) is 2.54. The van der Waals surface area contributed by atoms with Gasteiger partial charge in [-0.15, -0.1) is 0 Å². The number of rotatable bonds is 9. The van der Waals surface area contributed by atoms with E-state index in [9.17, 15) is 4.79 Å². The molecule has 0 heterocycles. The third-order valence-electron chi connectivity index (χ3n) is 3.41. The van der Waals surface area contributed by atoms with Crippen molar-refractivity contribution >= 4 is 12.0 Å². The minimum absolute atomic E-state index is 0.00495. The quantitative estimate of drug-likeness (QED) is 0.754. The number of allylic oxidation sites excluding steroid dienone is 1. The Labute approximate surface area is 145 Å². The zero-order valence-corrected chi connectivity index (χ0v) is 15.7. The monoisotopic (exact) mass is 334 g/mol. The summed E-state index contributed by atoms with van der Waals surface area (Å²) in [6, 6.07) is 5.63. The number of amides is 1. The summed E-state index contributed by atoms with van der Waals surface area (Å²) in [7, 11) is 5.64. The lowest BCUT2D eigenvalue weighted by Gasteiger charge is -2.28. The lowest BCUT2D eigenvalue weighted by Crippen LogP contribution is -2.41. The first kappa shape index (κ1) is 20.0. The molecule has 0 aliphatic rings. The lowest BCUT2D eigenvalue weighted by atomic mass is 9.93. The Hall–Kier alpha value is -2.01. The molecule has 5 nitrogen and oxygen atoms in total. The van der Waals surface area contributed by atoms with Gasteiger partial charge in [0.2, 0.25) is 0 Å². The highest BCUT2D eigenvalue weighted by Crippen LogP contribution is 2.28. The third kappa shape index (κ3) is 7.04. The van der Waals surface area contributed by atoms with E-state index in [1.165, 1.54) is 0 Å². The molecule has 0 atom stereocenters. The Morgan fingerprint density at radius 3 is 2.58 bits per heavy atom. The van der Waals surface area contributed by atoms with Gasteiger partial charge < -0.3 is 19.7 Å². The summed E-state index contributed by atoms with van der Waals surface area (Å²) >= 11 is 0. The number of nitrogens with one attached hydrogen (secondary N) is 1. The molecule has 1 N–H and O–H groups in total. The molecule has 0 aromatic heterocycles. The van der Waals surface area contributed by atoms with E-state index < -0.39 is 0 Å². The number of carbonyl (C=O) groups excluding carboxylic acids is 1. The minimum atomic E-state index is -0.138. The van der Waals surface area contributed by atoms with Crippen LogP contribution in [0, 0.1) is 5.41 Å².